The summed E-state index contributed by atoms with van der Waals surface area (Å²) in [4.78, 5) is 2.31. The van der Waals surface area contributed by atoms with E-state index in [2.05, 4.69) is 15.4 Å². The highest BCUT2D eigenvalue weighted by molar-refractivity contribution is 5.21. The molecule has 1 aliphatic heterocycles. The van der Waals surface area contributed by atoms with Crippen molar-refractivity contribution in [3.05, 3.63) is 53.2 Å². The predicted molar refractivity (Wildman–Crippen MR) is 73.7 cm³/mol. The molecule has 2 aromatic rings. The zero-order chi connectivity index (χ0) is 13.9. The summed E-state index contributed by atoms with van der Waals surface area (Å²) < 4.78 is 18.5. The van der Waals surface area contributed by atoms with Gasteiger partial charge in [-0.1, -0.05) is 17.3 Å². The monoisotopic (exact) mass is 275 g/mol. The van der Waals surface area contributed by atoms with Crippen molar-refractivity contribution in [2.24, 2.45) is 0 Å². The van der Waals surface area contributed by atoms with Gasteiger partial charge in [-0.2, -0.15) is 0 Å². The second-order valence-electron chi connectivity index (χ2n) is 5.17. The second kappa shape index (κ2) is 5.73. The van der Waals surface area contributed by atoms with Crippen LogP contribution in [0, 0.1) is 12.7 Å². The fourth-order valence-electron chi connectivity index (χ4n) is 2.68. The smallest absolute Gasteiger partial charge is 0.133 e. The molecule has 1 N–H and O–H groups in total. The largest absolute Gasteiger partial charge is 0.361 e. The average Bonchev–Trinajstić information content (AvgIpc) is 2.85. The van der Waals surface area contributed by atoms with Gasteiger partial charge in [-0.3, -0.25) is 4.90 Å². The molecule has 0 spiro atoms. The van der Waals surface area contributed by atoms with Crippen LogP contribution >= 0.6 is 0 Å². The van der Waals surface area contributed by atoms with Crippen LogP contribution in [0.3, 0.4) is 0 Å². The van der Waals surface area contributed by atoms with E-state index in [9.17, 15) is 4.39 Å². The minimum atomic E-state index is -0.190. The molecule has 1 saturated heterocycles. The molecular weight excluding hydrogens is 257 g/mol. The molecule has 0 amide bonds. The van der Waals surface area contributed by atoms with Gasteiger partial charge >= 0.3 is 0 Å². The number of aromatic nitrogens is 1. The highest BCUT2D eigenvalue weighted by Crippen LogP contribution is 2.24. The number of aryl methyl sites for hydroxylation is 1. The molecule has 3 rings (SSSR count). The van der Waals surface area contributed by atoms with Crippen molar-refractivity contribution in [1.29, 1.82) is 0 Å². The van der Waals surface area contributed by atoms with Crippen molar-refractivity contribution < 1.29 is 8.91 Å². The fraction of sp³-hybridized carbons (Fsp3) is 0.400. The molecule has 0 aliphatic carbocycles. The van der Waals surface area contributed by atoms with E-state index in [0.29, 0.717) is 0 Å². The third-order valence-corrected chi connectivity index (χ3v) is 3.63. The minimum absolute atomic E-state index is 0.163. The number of nitrogens with zero attached hydrogens (tertiary/aromatic N) is 2. The van der Waals surface area contributed by atoms with Crippen LogP contribution in [0.15, 0.2) is 34.9 Å². The number of hydrogen-bond donors (Lipinski definition) is 1. The lowest BCUT2D eigenvalue weighted by Crippen LogP contribution is -2.45. The first-order valence-corrected chi connectivity index (χ1v) is 6.85. The first kappa shape index (κ1) is 13.3. The summed E-state index contributed by atoms with van der Waals surface area (Å²) in [5.41, 5.74) is 1.92. The Morgan fingerprint density at radius 1 is 1.45 bits per heavy atom. The number of nitrogens with one attached hydrogen (secondary N) is 1. The quantitative estimate of drug-likeness (QED) is 0.933. The van der Waals surface area contributed by atoms with E-state index in [0.717, 1.165) is 43.2 Å². The van der Waals surface area contributed by atoms with E-state index in [1.54, 1.807) is 12.1 Å². The van der Waals surface area contributed by atoms with E-state index < -0.39 is 0 Å². The number of hydrogen-bond acceptors (Lipinski definition) is 4. The molecule has 106 valence electrons. The van der Waals surface area contributed by atoms with Crippen molar-refractivity contribution in [2.45, 2.75) is 19.5 Å². The topological polar surface area (TPSA) is 41.3 Å². The summed E-state index contributed by atoms with van der Waals surface area (Å²) in [6, 6.07) is 8.94. The molecule has 0 radical (unpaired) electrons. The maximum Gasteiger partial charge on any atom is 0.133 e. The fourth-order valence-corrected chi connectivity index (χ4v) is 2.68. The summed E-state index contributed by atoms with van der Waals surface area (Å²) in [6.07, 6.45) is 0. The van der Waals surface area contributed by atoms with Gasteiger partial charge in [0.05, 0.1) is 5.69 Å². The van der Waals surface area contributed by atoms with Crippen LogP contribution in [-0.2, 0) is 6.54 Å². The maximum atomic E-state index is 13.4. The number of benzene rings is 1. The number of piperazine rings is 1. The Bertz CT molecular complexity index is 584. The third-order valence-electron chi connectivity index (χ3n) is 3.63. The maximum absolute atomic E-state index is 13.4. The van der Waals surface area contributed by atoms with E-state index in [1.807, 2.05) is 19.1 Å². The van der Waals surface area contributed by atoms with Crippen LogP contribution < -0.4 is 5.32 Å². The van der Waals surface area contributed by atoms with E-state index >= 15 is 0 Å². The Balaban J connectivity index is 1.80. The highest BCUT2D eigenvalue weighted by Gasteiger charge is 2.24. The second-order valence-corrected chi connectivity index (χ2v) is 5.17. The van der Waals surface area contributed by atoms with Crippen LogP contribution in [0.1, 0.15) is 23.1 Å². The van der Waals surface area contributed by atoms with Crippen molar-refractivity contribution in [1.82, 2.24) is 15.4 Å². The Kier molecular flexibility index (Phi) is 3.80. The van der Waals surface area contributed by atoms with Gasteiger partial charge in [-0.05, 0) is 24.6 Å². The standard InChI is InChI=1S/C15H18FN3O/c1-11-7-14(18-20-11)10-19-6-5-17-9-15(19)12-3-2-4-13(16)8-12/h2-4,7-8,15,17H,5-6,9-10H2,1H3. The lowest BCUT2D eigenvalue weighted by Gasteiger charge is -2.36. The highest BCUT2D eigenvalue weighted by atomic mass is 19.1. The normalized spacial score (nSPS) is 20.2. The summed E-state index contributed by atoms with van der Waals surface area (Å²) >= 11 is 0. The molecule has 1 unspecified atom stereocenters. The van der Waals surface area contributed by atoms with Gasteiger partial charge in [0.25, 0.3) is 0 Å². The van der Waals surface area contributed by atoms with Crippen LogP contribution in [0.4, 0.5) is 4.39 Å². The summed E-state index contributed by atoms with van der Waals surface area (Å²) in [7, 11) is 0. The van der Waals surface area contributed by atoms with E-state index in [-0.39, 0.29) is 11.9 Å². The van der Waals surface area contributed by atoms with Gasteiger partial charge in [-0.15, -0.1) is 0 Å². The van der Waals surface area contributed by atoms with Gasteiger partial charge < -0.3 is 9.84 Å². The molecule has 5 heteroatoms. The van der Waals surface area contributed by atoms with Crippen molar-refractivity contribution >= 4 is 0 Å². The van der Waals surface area contributed by atoms with Gasteiger partial charge in [0.2, 0.25) is 0 Å². The SMILES string of the molecule is Cc1cc(CN2CCNCC2c2cccc(F)c2)no1. The predicted octanol–water partition coefficient (Wildman–Crippen LogP) is 2.27. The van der Waals surface area contributed by atoms with Crippen molar-refractivity contribution in [3.63, 3.8) is 0 Å². The summed E-state index contributed by atoms with van der Waals surface area (Å²) in [6.45, 7) is 5.27. The summed E-state index contributed by atoms with van der Waals surface area (Å²) in [5.74, 6) is 0.628. The molecule has 1 aliphatic rings. The Morgan fingerprint density at radius 2 is 2.35 bits per heavy atom. The van der Waals surface area contributed by atoms with Gasteiger partial charge in [0, 0.05) is 38.3 Å². The van der Waals surface area contributed by atoms with Crippen LogP contribution in [0.25, 0.3) is 0 Å². The van der Waals surface area contributed by atoms with E-state index in [1.165, 1.54) is 6.07 Å². The first-order valence-electron chi connectivity index (χ1n) is 6.85. The van der Waals surface area contributed by atoms with Gasteiger partial charge in [0.1, 0.15) is 11.6 Å². The molecule has 0 saturated carbocycles. The van der Waals surface area contributed by atoms with Gasteiger partial charge in [-0.25, -0.2) is 4.39 Å². The minimum Gasteiger partial charge on any atom is -0.361 e. The molecule has 4 nitrogen and oxygen atoms in total. The molecule has 1 fully saturated rings. The molecule has 2 heterocycles. The van der Waals surface area contributed by atoms with Crippen LogP contribution in [0.5, 0.6) is 0 Å². The zero-order valence-corrected chi connectivity index (χ0v) is 11.5. The zero-order valence-electron chi connectivity index (χ0n) is 11.5. The Hall–Kier alpha value is -1.72. The average molecular weight is 275 g/mol. The molecule has 0 bridgehead atoms. The third kappa shape index (κ3) is 2.89. The van der Waals surface area contributed by atoms with Crippen molar-refractivity contribution in [2.75, 3.05) is 19.6 Å². The number of rotatable bonds is 3. The number of halogens is 1. The first-order chi connectivity index (χ1) is 9.72. The summed E-state index contributed by atoms with van der Waals surface area (Å²) in [5, 5.41) is 7.41. The molecule has 20 heavy (non-hydrogen) atoms. The molecule has 1 aromatic carbocycles. The molecule has 1 aromatic heterocycles. The molecular formula is C15H18FN3O. The van der Waals surface area contributed by atoms with Crippen LogP contribution in [0.2, 0.25) is 0 Å². The van der Waals surface area contributed by atoms with Crippen molar-refractivity contribution in [3.8, 4) is 0 Å². The van der Waals surface area contributed by atoms with Crippen LogP contribution in [-0.4, -0.2) is 29.7 Å². The Morgan fingerprint density at radius 3 is 3.10 bits per heavy atom. The Labute approximate surface area is 117 Å². The van der Waals surface area contributed by atoms with Gasteiger partial charge in [0.15, 0.2) is 0 Å². The lowest BCUT2D eigenvalue weighted by atomic mass is 10.0. The molecule has 1 atom stereocenters. The lowest BCUT2D eigenvalue weighted by molar-refractivity contribution is 0.149. The van der Waals surface area contributed by atoms with E-state index in [4.69, 9.17) is 4.52 Å².